The molecule has 2 aliphatic heterocycles. The molecule has 1 aromatic carbocycles. The molecule has 11 heteroatoms. The monoisotopic (exact) mass is 502 g/mol. The maximum Gasteiger partial charge on any atom is 0.416 e. The number of aromatic nitrogens is 2. The number of amides is 2. The van der Waals surface area contributed by atoms with Crippen LogP contribution in [0.4, 0.5) is 19.0 Å². The van der Waals surface area contributed by atoms with E-state index in [-0.39, 0.29) is 41.6 Å². The fraction of sp³-hybridized carbons (Fsp3) is 0.520. The second-order valence-electron chi connectivity index (χ2n) is 9.85. The van der Waals surface area contributed by atoms with Gasteiger partial charge < -0.3 is 16.0 Å². The molecule has 1 saturated carbocycles. The Balaban J connectivity index is 1.06. The number of anilines is 1. The lowest BCUT2D eigenvalue weighted by molar-refractivity contribution is -0.137. The van der Waals surface area contributed by atoms with Crippen LogP contribution in [0.3, 0.4) is 0 Å². The highest BCUT2D eigenvalue weighted by molar-refractivity contribution is 5.91. The van der Waals surface area contributed by atoms with Crippen LogP contribution in [0.25, 0.3) is 10.9 Å². The fourth-order valence-corrected chi connectivity index (χ4v) is 5.51. The van der Waals surface area contributed by atoms with Gasteiger partial charge in [0.2, 0.25) is 11.8 Å². The molecule has 36 heavy (non-hydrogen) atoms. The topological polar surface area (TPSA) is 99.3 Å². The van der Waals surface area contributed by atoms with Crippen LogP contribution in [-0.2, 0) is 15.8 Å². The lowest BCUT2D eigenvalue weighted by Crippen LogP contribution is -2.63. The summed E-state index contributed by atoms with van der Waals surface area (Å²) in [6.07, 6.45) is 5.60. The van der Waals surface area contributed by atoms with Gasteiger partial charge >= 0.3 is 6.18 Å². The molecule has 2 fully saturated rings. The van der Waals surface area contributed by atoms with Gasteiger partial charge in [0.25, 0.3) is 0 Å². The van der Waals surface area contributed by atoms with E-state index in [1.54, 1.807) is 6.08 Å². The molecule has 8 nitrogen and oxygen atoms in total. The van der Waals surface area contributed by atoms with Gasteiger partial charge in [-0.2, -0.15) is 13.2 Å². The number of hydrogen-bond acceptors (Lipinski definition) is 6. The maximum absolute atomic E-state index is 13.1. The smallest absolute Gasteiger partial charge is 0.360 e. The van der Waals surface area contributed by atoms with Crippen LogP contribution < -0.4 is 16.0 Å². The number of benzene rings is 1. The second kappa shape index (κ2) is 10.0. The Morgan fingerprint density at radius 1 is 1.14 bits per heavy atom. The van der Waals surface area contributed by atoms with Crippen molar-refractivity contribution < 1.29 is 22.8 Å². The minimum absolute atomic E-state index is 0.00291. The SMILES string of the molecule is O=C1C=CCC([C@H]2CC[C@@H](N3CC(NC(=O)CNc4ncnc5ccc(C(F)(F)F)cc45)C3)CC2)N1. The quantitative estimate of drug-likeness (QED) is 0.562. The molecule has 5 rings (SSSR count). The largest absolute Gasteiger partial charge is 0.416 e. The zero-order chi connectivity index (χ0) is 25.3. The first-order valence-electron chi connectivity index (χ1n) is 12.3. The van der Waals surface area contributed by atoms with Crippen molar-refractivity contribution in [2.45, 2.75) is 56.4 Å². The van der Waals surface area contributed by atoms with Gasteiger partial charge in [0.15, 0.2) is 0 Å². The molecule has 0 bridgehead atoms. The molecular formula is C25H29F3N6O2. The summed E-state index contributed by atoms with van der Waals surface area (Å²) >= 11 is 0. The molecule has 1 unspecified atom stereocenters. The first-order chi connectivity index (χ1) is 17.3. The van der Waals surface area contributed by atoms with E-state index in [1.807, 2.05) is 6.08 Å². The van der Waals surface area contributed by atoms with Gasteiger partial charge in [-0.15, -0.1) is 0 Å². The Morgan fingerprint density at radius 3 is 2.64 bits per heavy atom. The number of halogens is 3. The lowest BCUT2D eigenvalue weighted by Gasteiger charge is -2.47. The number of hydrogen-bond donors (Lipinski definition) is 3. The zero-order valence-electron chi connectivity index (χ0n) is 19.7. The van der Waals surface area contributed by atoms with E-state index in [1.165, 1.54) is 12.4 Å². The third kappa shape index (κ3) is 5.45. The summed E-state index contributed by atoms with van der Waals surface area (Å²) in [5.74, 6) is 0.479. The van der Waals surface area contributed by atoms with Crippen LogP contribution in [0.2, 0.25) is 0 Å². The average molecular weight is 503 g/mol. The van der Waals surface area contributed by atoms with Gasteiger partial charge in [-0.3, -0.25) is 14.5 Å². The molecule has 0 radical (unpaired) electrons. The predicted molar refractivity (Wildman–Crippen MR) is 128 cm³/mol. The van der Waals surface area contributed by atoms with Crippen LogP contribution in [0, 0.1) is 5.92 Å². The summed E-state index contributed by atoms with van der Waals surface area (Å²) in [5.41, 5.74) is -0.422. The Hall–Kier alpha value is -3.21. The van der Waals surface area contributed by atoms with Gasteiger partial charge in [0.05, 0.1) is 23.7 Å². The number of carbonyl (C=O) groups excluding carboxylic acids is 2. The van der Waals surface area contributed by atoms with E-state index in [0.29, 0.717) is 17.5 Å². The summed E-state index contributed by atoms with van der Waals surface area (Å²) in [7, 11) is 0. The summed E-state index contributed by atoms with van der Waals surface area (Å²) < 4.78 is 39.3. The number of nitrogens with zero attached hydrogens (tertiary/aromatic N) is 3. The first-order valence-corrected chi connectivity index (χ1v) is 12.3. The van der Waals surface area contributed by atoms with Crippen molar-refractivity contribution in [1.29, 1.82) is 0 Å². The summed E-state index contributed by atoms with van der Waals surface area (Å²) in [4.78, 5) is 34.5. The third-order valence-electron chi connectivity index (χ3n) is 7.47. The van der Waals surface area contributed by atoms with E-state index in [9.17, 15) is 22.8 Å². The van der Waals surface area contributed by atoms with Crippen molar-refractivity contribution in [3.8, 4) is 0 Å². The van der Waals surface area contributed by atoms with Crippen LogP contribution in [-0.4, -0.2) is 64.4 Å². The highest BCUT2D eigenvalue weighted by atomic mass is 19.4. The third-order valence-corrected chi connectivity index (χ3v) is 7.47. The van der Waals surface area contributed by atoms with Gasteiger partial charge in [-0.25, -0.2) is 9.97 Å². The van der Waals surface area contributed by atoms with Gasteiger partial charge in [0.1, 0.15) is 12.1 Å². The van der Waals surface area contributed by atoms with Gasteiger partial charge in [0, 0.05) is 30.6 Å². The number of carbonyl (C=O) groups is 2. The van der Waals surface area contributed by atoms with E-state index < -0.39 is 11.7 Å². The standard InChI is InChI=1S/C25H29F3N6O2/c26-25(27,28)16-6-9-21-19(10-16)24(31-14-30-21)29-11-23(36)32-17-12-34(13-17)18-7-4-15(5-8-18)20-2-1-3-22(35)33-20/h1,3,6,9-10,14-15,17-18,20H,2,4-5,7-8,11-13H2,(H,32,36)(H,33,35)(H,29,30,31)/t15-,18+,20?. The highest BCUT2D eigenvalue weighted by Gasteiger charge is 2.37. The van der Waals surface area contributed by atoms with E-state index in [4.69, 9.17) is 0 Å². The number of rotatable bonds is 6. The molecular weight excluding hydrogens is 473 g/mol. The van der Waals surface area contributed by atoms with Crippen molar-refractivity contribution in [3.05, 3.63) is 42.2 Å². The van der Waals surface area contributed by atoms with Gasteiger partial charge in [-0.1, -0.05) is 6.08 Å². The first kappa shape index (κ1) is 24.5. The number of nitrogens with one attached hydrogen (secondary N) is 3. The average Bonchev–Trinajstić information content (AvgIpc) is 2.84. The second-order valence-corrected chi connectivity index (χ2v) is 9.85. The molecule has 192 valence electrons. The van der Waals surface area contributed by atoms with Gasteiger partial charge in [-0.05, 0) is 62.3 Å². The lowest BCUT2D eigenvalue weighted by atomic mass is 9.78. The van der Waals surface area contributed by atoms with Crippen molar-refractivity contribution in [3.63, 3.8) is 0 Å². The zero-order valence-corrected chi connectivity index (χ0v) is 19.7. The van der Waals surface area contributed by atoms with Crippen molar-refractivity contribution in [2.24, 2.45) is 5.92 Å². The maximum atomic E-state index is 13.1. The van der Waals surface area contributed by atoms with Crippen molar-refractivity contribution in [2.75, 3.05) is 25.0 Å². The molecule has 3 aliphatic rings. The Bertz CT molecular complexity index is 1160. The van der Waals surface area contributed by atoms with E-state index in [2.05, 4.69) is 30.8 Å². The number of fused-ring (bicyclic) bond motifs is 1. The Kier molecular flexibility index (Phi) is 6.83. The van der Waals surface area contributed by atoms with E-state index >= 15 is 0 Å². The minimum atomic E-state index is -4.48. The molecule has 2 amide bonds. The predicted octanol–water partition coefficient (Wildman–Crippen LogP) is 2.86. The fourth-order valence-electron chi connectivity index (χ4n) is 5.51. The molecule has 1 saturated heterocycles. The molecule has 3 heterocycles. The van der Waals surface area contributed by atoms with Crippen molar-refractivity contribution >= 4 is 28.5 Å². The van der Waals surface area contributed by atoms with Crippen LogP contribution >= 0.6 is 0 Å². The summed E-state index contributed by atoms with van der Waals surface area (Å²) in [6, 6.07) is 4.06. The number of likely N-dealkylation sites (tertiary alicyclic amines) is 1. The summed E-state index contributed by atoms with van der Waals surface area (Å²) in [5, 5.41) is 9.13. The Morgan fingerprint density at radius 2 is 1.92 bits per heavy atom. The van der Waals surface area contributed by atoms with E-state index in [0.717, 1.165) is 57.3 Å². The van der Waals surface area contributed by atoms with Crippen LogP contribution in [0.15, 0.2) is 36.7 Å². The van der Waals surface area contributed by atoms with Crippen molar-refractivity contribution in [1.82, 2.24) is 25.5 Å². The molecule has 1 atom stereocenters. The normalized spacial score (nSPS) is 25.3. The Labute approximate surface area is 206 Å². The molecule has 0 spiro atoms. The molecule has 1 aliphatic carbocycles. The highest BCUT2D eigenvalue weighted by Crippen LogP contribution is 2.34. The molecule has 2 aromatic rings. The minimum Gasteiger partial charge on any atom is -0.360 e. The molecule has 1 aromatic heterocycles. The summed E-state index contributed by atoms with van der Waals surface area (Å²) in [6.45, 7) is 1.48. The number of alkyl halides is 3. The molecule has 3 N–H and O–H groups in total. The van der Waals surface area contributed by atoms with Crippen LogP contribution in [0.5, 0.6) is 0 Å². The van der Waals surface area contributed by atoms with Crippen LogP contribution in [0.1, 0.15) is 37.7 Å².